The number of ether oxygens (including phenoxy) is 1. The molecule has 1 heterocycles. The lowest BCUT2D eigenvalue weighted by Crippen LogP contribution is -2.50. The number of halogens is 1. The number of likely N-dealkylation sites (tertiary alicyclic amines) is 1. The molecule has 0 spiro atoms. The van der Waals surface area contributed by atoms with E-state index in [0.29, 0.717) is 12.6 Å². The van der Waals surface area contributed by atoms with Crippen LogP contribution in [0.3, 0.4) is 0 Å². The second-order valence-corrected chi connectivity index (χ2v) is 2.62. The summed E-state index contributed by atoms with van der Waals surface area (Å²) in [4.78, 5) is 2.11. The van der Waals surface area contributed by atoms with Gasteiger partial charge in [0.15, 0.2) is 0 Å². The van der Waals surface area contributed by atoms with Crippen LogP contribution in [0.25, 0.3) is 0 Å². The Morgan fingerprint density at radius 3 is 2.90 bits per heavy atom. The van der Waals surface area contributed by atoms with Crippen LogP contribution in [0.1, 0.15) is 6.42 Å². The van der Waals surface area contributed by atoms with Gasteiger partial charge in [-0.2, -0.15) is 0 Å². The molecule has 0 N–H and O–H groups in total. The van der Waals surface area contributed by atoms with Crippen molar-refractivity contribution in [1.82, 2.24) is 4.90 Å². The van der Waals surface area contributed by atoms with Crippen LogP contribution in [0, 0.1) is 0 Å². The SMILES string of the molecule is COC[C@H]1CCN1CCF. The summed E-state index contributed by atoms with van der Waals surface area (Å²) in [7, 11) is 1.69. The summed E-state index contributed by atoms with van der Waals surface area (Å²) < 4.78 is 16.8. The van der Waals surface area contributed by atoms with Gasteiger partial charge < -0.3 is 4.74 Å². The van der Waals surface area contributed by atoms with Gasteiger partial charge in [-0.25, -0.2) is 4.39 Å². The second kappa shape index (κ2) is 3.88. The molecule has 0 aliphatic carbocycles. The third-order valence-electron chi connectivity index (χ3n) is 2.00. The lowest BCUT2D eigenvalue weighted by atomic mass is 10.1. The van der Waals surface area contributed by atoms with E-state index < -0.39 is 0 Å². The fraction of sp³-hybridized carbons (Fsp3) is 1.00. The van der Waals surface area contributed by atoms with E-state index in [1.165, 1.54) is 0 Å². The molecule has 0 aromatic heterocycles. The molecule has 1 rings (SSSR count). The maximum Gasteiger partial charge on any atom is 0.102 e. The van der Waals surface area contributed by atoms with Gasteiger partial charge in [-0.05, 0) is 6.42 Å². The normalized spacial score (nSPS) is 26.4. The van der Waals surface area contributed by atoms with Crippen molar-refractivity contribution in [2.24, 2.45) is 0 Å². The van der Waals surface area contributed by atoms with Crippen LogP contribution in [-0.4, -0.2) is 44.4 Å². The van der Waals surface area contributed by atoms with Crippen LogP contribution in [0.5, 0.6) is 0 Å². The molecule has 60 valence electrons. The number of hydrogen-bond acceptors (Lipinski definition) is 2. The Morgan fingerprint density at radius 2 is 2.50 bits per heavy atom. The minimum atomic E-state index is -0.236. The predicted molar refractivity (Wildman–Crippen MR) is 37.8 cm³/mol. The molecule has 0 amide bonds. The Hall–Kier alpha value is -0.150. The average molecular weight is 147 g/mol. The third-order valence-corrected chi connectivity index (χ3v) is 2.00. The second-order valence-electron chi connectivity index (χ2n) is 2.62. The summed E-state index contributed by atoms with van der Waals surface area (Å²) in [5, 5.41) is 0. The molecule has 1 saturated heterocycles. The summed E-state index contributed by atoms with van der Waals surface area (Å²) in [5.74, 6) is 0. The summed E-state index contributed by atoms with van der Waals surface area (Å²) in [5.41, 5.74) is 0. The standard InChI is InChI=1S/C7H14FNO/c1-10-6-7-2-4-9(7)5-3-8/h7H,2-6H2,1H3/t7-/m1/s1. The maximum absolute atomic E-state index is 11.8. The molecule has 1 aliphatic rings. The lowest BCUT2D eigenvalue weighted by Gasteiger charge is -2.39. The Morgan fingerprint density at radius 1 is 1.70 bits per heavy atom. The number of rotatable bonds is 4. The smallest absolute Gasteiger partial charge is 0.102 e. The van der Waals surface area contributed by atoms with Crippen LogP contribution < -0.4 is 0 Å². The van der Waals surface area contributed by atoms with Crippen molar-refractivity contribution >= 4 is 0 Å². The highest BCUT2D eigenvalue weighted by Crippen LogP contribution is 2.16. The zero-order valence-corrected chi connectivity index (χ0v) is 6.35. The van der Waals surface area contributed by atoms with Crippen molar-refractivity contribution in [3.63, 3.8) is 0 Å². The third kappa shape index (κ3) is 1.67. The first-order chi connectivity index (χ1) is 4.88. The van der Waals surface area contributed by atoms with Crippen LogP contribution >= 0.6 is 0 Å². The van der Waals surface area contributed by atoms with Crippen LogP contribution in [0.4, 0.5) is 4.39 Å². The van der Waals surface area contributed by atoms with Gasteiger partial charge in [0.05, 0.1) is 6.61 Å². The fourth-order valence-corrected chi connectivity index (χ4v) is 1.28. The minimum Gasteiger partial charge on any atom is -0.383 e. The van der Waals surface area contributed by atoms with Crippen molar-refractivity contribution in [1.29, 1.82) is 0 Å². The molecule has 1 fully saturated rings. The summed E-state index contributed by atoms with van der Waals surface area (Å²) >= 11 is 0. The van der Waals surface area contributed by atoms with Crippen molar-refractivity contribution in [3.05, 3.63) is 0 Å². The molecule has 0 unspecified atom stereocenters. The van der Waals surface area contributed by atoms with Gasteiger partial charge in [0.25, 0.3) is 0 Å². The van der Waals surface area contributed by atoms with Crippen molar-refractivity contribution in [2.75, 3.05) is 33.5 Å². The quantitative estimate of drug-likeness (QED) is 0.579. The van der Waals surface area contributed by atoms with Gasteiger partial charge in [-0.3, -0.25) is 4.90 Å². The molecule has 1 atom stereocenters. The molecule has 0 saturated carbocycles. The highest BCUT2D eigenvalue weighted by Gasteiger charge is 2.26. The van der Waals surface area contributed by atoms with Gasteiger partial charge in [-0.1, -0.05) is 0 Å². The molecular weight excluding hydrogens is 133 g/mol. The van der Waals surface area contributed by atoms with E-state index in [1.807, 2.05) is 0 Å². The average Bonchev–Trinajstić information content (AvgIpc) is 1.93. The monoisotopic (exact) mass is 147 g/mol. The largest absolute Gasteiger partial charge is 0.383 e. The van der Waals surface area contributed by atoms with Crippen LogP contribution in [0.15, 0.2) is 0 Å². The zero-order valence-electron chi connectivity index (χ0n) is 6.35. The van der Waals surface area contributed by atoms with E-state index in [2.05, 4.69) is 4.90 Å². The van der Waals surface area contributed by atoms with E-state index in [0.717, 1.165) is 19.6 Å². The number of nitrogens with zero attached hydrogens (tertiary/aromatic N) is 1. The molecular formula is C7H14FNO. The van der Waals surface area contributed by atoms with Gasteiger partial charge >= 0.3 is 0 Å². The summed E-state index contributed by atoms with van der Waals surface area (Å²) in [6.45, 7) is 2.13. The predicted octanol–water partition coefficient (Wildman–Crippen LogP) is 0.677. The van der Waals surface area contributed by atoms with Crippen molar-refractivity contribution in [2.45, 2.75) is 12.5 Å². The van der Waals surface area contributed by atoms with Crippen molar-refractivity contribution < 1.29 is 9.13 Å². The van der Waals surface area contributed by atoms with E-state index in [9.17, 15) is 4.39 Å². The Balaban J connectivity index is 2.09. The molecule has 0 aromatic rings. The zero-order chi connectivity index (χ0) is 7.40. The maximum atomic E-state index is 11.8. The Labute approximate surface area is 61.0 Å². The molecule has 1 aliphatic heterocycles. The molecule has 2 nitrogen and oxygen atoms in total. The van der Waals surface area contributed by atoms with E-state index in [4.69, 9.17) is 4.74 Å². The first-order valence-corrected chi connectivity index (χ1v) is 3.67. The summed E-state index contributed by atoms with van der Waals surface area (Å²) in [6, 6.07) is 0.487. The van der Waals surface area contributed by atoms with E-state index in [1.54, 1.807) is 7.11 Å². The van der Waals surface area contributed by atoms with E-state index in [-0.39, 0.29) is 6.67 Å². The molecule has 0 aromatic carbocycles. The Bertz CT molecular complexity index is 87.6. The lowest BCUT2D eigenvalue weighted by molar-refractivity contribution is 0.0202. The number of methoxy groups -OCH3 is 1. The van der Waals surface area contributed by atoms with E-state index >= 15 is 0 Å². The number of hydrogen-bond donors (Lipinski definition) is 0. The van der Waals surface area contributed by atoms with Crippen LogP contribution in [-0.2, 0) is 4.74 Å². The molecule has 0 radical (unpaired) electrons. The molecule has 3 heteroatoms. The highest BCUT2D eigenvalue weighted by atomic mass is 19.1. The van der Waals surface area contributed by atoms with Gasteiger partial charge in [0.1, 0.15) is 6.67 Å². The highest BCUT2D eigenvalue weighted by molar-refractivity contribution is 4.81. The number of alkyl halides is 1. The topological polar surface area (TPSA) is 12.5 Å². The Kier molecular flexibility index (Phi) is 3.09. The van der Waals surface area contributed by atoms with Crippen molar-refractivity contribution in [3.8, 4) is 0 Å². The fourth-order valence-electron chi connectivity index (χ4n) is 1.28. The first-order valence-electron chi connectivity index (χ1n) is 3.67. The first kappa shape index (κ1) is 7.95. The molecule has 0 bridgehead atoms. The minimum absolute atomic E-state index is 0.236. The molecule has 10 heavy (non-hydrogen) atoms. The van der Waals surface area contributed by atoms with Gasteiger partial charge in [0, 0.05) is 26.2 Å². The van der Waals surface area contributed by atoms with Crippen LogP contribution in [0.2, 0.25) is 0 Å². The van der Waals surface area contributed by atoms with Gasteiger partial charge in [0.2, 0.25) is 0 Å². The summed E-state index contributed by atoms with van der Waals surface area (Å²) in [6.07, 6.45) is 1.16. The van der Waals surface area contributed by atoms with Gasteiger partial charge in [-0.15, -0.1) is 0 Å².